The highest BCUT2D eigenvalue weighted by atomic mass is 16.5. The lowest BCUT2D eigenvalue weighted by Gasteiger charge is -2.19. The highest BCUT2D eigenvalue weighted by Gasteiger charge is 2.49. The van der Waals surface area contributed by atoms with E-state index in [1.165, 1.54) is 0 Å². The van der Waals surface area contributed by atoms with Crippen LogP contribution in [0.4, 0.5) is 4.79 Å². The summed E-state index contributed by atoms with van der Waals surface area (Å²) < 4.78 is 5.48. The Morgan fingerprint density at radius 2 is 1.77 bits per heavy atom. The van der Waals surface area contributed by atoms with E-state index in [9.17, 15) is 14.4 Å². The summed E-state index contributed by atoms with van der Waals surface area (Å²) >= 11 is 0. The lowest BCUT2D eigenvalue weighted by atomic mass is 10.1. The van der Waals surface area contributed by atoms with Gasteiger partial charge in [0.05, 0.1) is 6.61 Å². The summed E-state index contributed by atoms with van der Waals surface area (Å²) in [4.78, 5) is 35.2. The van der Waals surface area contributed by atoms with Gasteiger partial charge in [-0.15, -0.1) is 11.8 Å². The molecule has 2 rings (SSSR count). The van der Waals surface area contributed by atoms with Gasteiger partial charge in [-0.05, 0) is 62.2 Å². The normalized spacial score (nSPS) is 23.0. The molecular weight excluding hydrogens is 382 g/mol. The number of fused-ring (bicyclic) bond motifs is 1. The minimum atomic E-state index is -0.623. The molecule has 3 N–H and O–H groups in total. The van der Waals surface area contributed by atoms with E-state index < -0.39 is 12.1 Å². The topological polar surface area (TPSA) is 96.5 Å². The number of hydrogen-bond acceptors (Lipinski definition) is 4. The number of ether oxygens (including phenoxy) is 1. The van der Waals surface area contributed by atoms with Crippen molar-refractivity contribution in [1.29, 1.82) is 0 Å². The van der Waals surface area contributed by atoms with Crippen molar-refractivity contribution in [2.45, 2.75) is 71.3 Å². The lowest BCUT2D eigenvalue weighted by molar-refractivity contribution is -0.123. The van der Waals surface area contributed by atoms with E-state index in [-0.39, 0.29) is 5.91 Å². The average Bonchev–Trinajstić information content (AvgIpc) is 3.34. The minimum absolute atomic E-state index is 0.179. The number of carbonyl (C=O) groups excluding carboxylic acids is 3. The van der Waals surface area contributed by atoms with Crippen molar-refractivity contribution in [3.63, 3.8) is 0 Å². The quantitative estimate of drug-likeness (QED) is 0.243. The number of nitrogens with one attached hydrogen (secondary N) is 3. The summed E-state index contributed by atoms with van der Waals surface area (Å²) in [6, 6.07) is -0.623. The maximum absolute atomic E-state index is 12.5. The van der Waals surface area contributed by atoms with E-state index >= 15 is 0 Å². The summed E-state index contributed by atoms with van der Waals surface area (Å²) in [6.45, 7) is 5.76. The SMILES string of the molecule is CC(C)CCNC(=O)C(CCCCNC=O)NC(=O)OCC1C2CCC#CCCC21. The first-order chi connectivity index (χ1) is 14.5. The van der Waals surface area contributed by atoms with Gasteiger partial charge in [0.2, 0.25) is 12.3 Å². The van der Waals surface area contributed by atoms with Crippen LogP contribution in [0.5, 0.6) is 0 Å². The highest BCUT2D eigenvalue weighted by Crippen LogP contribution is 2.52. The van der Waals surface area contributed by atoms with Crippen LogP contribution >= 0.6 is 0 Å². The van der Waals surface area contributed by atoms with Gasteiger partial charge in [0.25, 0.3) is 0 Å². The molecule has 1 fully saturated rings. The van der Waals surface area contributed by atoms with Crippen LogP contribution in [0, 0.1) is 35.5 Å². The number of unbranched alkanes of at least 4 members (excludes halogenated alkanes) is 1. The molecule has 2 aliphatic rings. The lowest BCUT2D eigenvalue weighted by Crippen LogP contribution is -2.47. The fourth-order valence-electron chi connectivity index (χ4n) is 4.15. The van der Waals surface area contributed by atoms with Gasteiger partial charge in [-0.2, -0.15) is 0 Å². The smallest absolute Gasteiger partial charge is 0.407 e. The van der Waals surface area contributed by atoms with Crippen molar-refractivity contribution in [2.75, 3.05) is 19.7 Å². The molecule has 0 radical (unpaired) electrons. The third-order valence-electron chi connectivity index (χ3n) is 6.02. The zero-order valence-electron chi connectivity index (χ0n) is 18.4. The van der Waals surface area contributed by atoms with Crippen molar-refractivity contribution >= 4 is 18.4 Å². The second-order valence-corrected chi connectivity index (χ2v) is 8.76. The van der Waals surface area contributed by atoms with Crippen LogP contribution in [0.25, 0.3) is 0 Å². The Labute approximate surface area is 180 Å². The molecule has 0 spiro atoms. The first kappa shape index (κ1) is 24.0. The predicted octanol–water partition coefficient (Wildman–Crippen LogP) is 2.60. The summed E-state index contributed by atoms with van der Waals surface area (Å²) in [5, 5.41) is 8.27. The molecule has 168 valence electrons. The summed E-state index contributed by atoms with van der Waals surface area (Å²) in [7, 11) is 0. The number of alkyl carbamates (subject to hydrolysis) is 1. The van der Waals surface area contributed by atoms with Crippen LogP contribution in [0.2, 0.25) is 0 Å². The Balaban J connectivity index is 1.75. The van der Waals surface area contributed by atoms with Crippen LogP contribution in [0.1, 0.15) is 65.2 Å². The zero-order valence-corrected chi connectivity index (χ0v) is 18.4. The first-order valence-corrected chi connectivity index (χ1v) is 11.4. The Kier molecular flexibility index (Phi) is 10.5. The summed E-state index contributed by atoms with van der Waals surface area (Å²) in [5.74, 6) is 8.35. The molecule has 0 heterocycles. The molecule has 0 aromatic heterocycles. The third kappa shape index (κ3) is 8.64. The van der Waals surface area contributed by atoms with Crippen molar-refractivity contribution in [2.24, 2.45) is 23.7 Å². The molecule has 3 amide bonds. The van der Waals surface area contributed by atoms with Crippen molar-refractivity contribution in [3.05, 3.63) is 0 Å². The Morgan fingerprint density at radius 1 is 1.07 bits per heavy atom. The third-order valence-corrected chi connectivity index (χ3v) is 6.02. The minimum Gasteiger partial charge on any atom is -0.449 e. The molecule has 0 bridgehead atoms. The maximum Gasteiger partial charge on any atom is 0.407 e. The van der Waals surface area contributed by atoms with Gasteiger partial charge >= 0.3 is 6.09 Å². The molecule has 3 unspecified atom stereocenters. The van der Waals surface area contributed by atoms with E-state index in [0.717, 1.165) is 44.9 Å². The van der Waals surface area contributed by atoms with Crippen LogP contribution in [0.3, 0.4) is 0 Å². The molecule has 7 heteroatoms. The molecule has 0 aromatic rings. The maximum atomic E-state index is 12.5. The Bertz CT molecular complexity index is 608. The van der Waals surface area contributed by atoms with Crippen LogP contribution in [0.15, 0.2) is 0 Å². The van der Waals surface area contributed by atoms with Gasteiger partial charge in [0.1, 0.15) is 6.04 Å². The molecule has 2 aliphatic carbocycles. The zero-order chi connectivity index (χ0) is 21.8. The van der Waals surface area contributed by atoms with Crippen LogP contribution in [-0.2, 0) is 14.3 Å². The first-order valence-electron chi connectivity index (χ1n) is 11.4. The van der Waals surface area contributed by atoms with E-state index in [0.29, 0.717) is 56.2 Å². The molecule has 0 saturated heterocycles. The monoisotopic (exact) mass is 419 g/mol. The summed E-state index contributed by atoms with van der Waals surface area (Å²) in [6.07, 6.45) is 7.04. The van der Waals surface area contributed by atoms with Gasteiger partial charge < -0.3 is 20.7 Å². The Morgan fingerprint density at radius 3 is 2.40 bits per heavy atom. The number of hydrogen-bond donors (Lipinski definition) is 3. The predicted molar refractivity (Wildman–Crippen MR) is 115 cm³/mol. The second-order valence-electron chi connectivity index (χ2n) is 8.76. The second kappa shape index (κ2) is 13.1. The van der Waals surface area contributed by atoms with Gasteiger partial charge in [0.15, 0.2) is 0 Å². The molecule has 30 heavy (non-hydrogen) atoms. The highest BCUT2D eigenvalue weighted by molar-refractivity contribution is 5.85. The molecule has 1 saturated carbocycles. The Hall–Kier alpha value is -2.23. The number of rotatable bonds is 13. The molecule has 7 nitrogen and oxygen atoms in total. The van der Waals surface area contributed by atoms with Gasteiger partial charge in [-0.3, -0.25) is 9.59 Å². The van der Waals surface area contributed by atoms with Crippen LogP contribution in [-0.4, -0.2) is 44.1 Å². The number of amides is 3. The molecule has 0 aromatic carbocycles. The van der Waals surface area contributed by atoms with E-state index in [4.69, 9.17) is 4.74 Å². The van der Waals surface area contributed by atoms with E-state index in [1.54, 1.807) is 0 Å². The molecular formula is C23H37N3O4. The van der Waals surface area contributed by atoms with Crippen LogP contribution < -0.4 is 16.0 Å². The fraction of sp³-hybridized carbons (Fsp3) is 0.783. The summed E-state index contributed by atoms with van der Waals surface area (Å²) in [5.41, 5.74) is 0. The van der Waals surface area contributed by atoms with Gasteiger partial charge in [-0.1, -0.05) is 13.8 Å². The van der Waals surface area contributed by atoms with Gasteiger partial charge in [0, 0.05) is 25.9 Å². The fourth-order valence-corrected chi connectivity index (χ4v) is 4.15. The molecule has 0 aliphatic heterocycles. The van der Waals surface area contributed by atoms with Crippen molar-refractivity contribution in [3.8, 4) is 11.8 Å². The average molecular weight is 420 g/mol. The standard InChI is InChI=1S/C23H37N3O4/c1-17(2)12-14-25-22(28)21(11-7-8-13-24-16-27)26-23(29)30-15-20-18-9-5-3-4-6-10-19(18)20/h16-21H,5-15H2,1-2H3,(H,24,27)(H,25,28)(H,26,29). The molecule has 3 atom stereocenters. The number of carbonyl (C=O) groups is 3. The largest absolute Gasteiger partial charge is 0.449 e. The van der Waals surface area contributed by atoms with Crippen molar-refractivity contribution < 1.29 is 19.1 Å². The van der Waals surface area contributed by atoms with E-state index in [2.05, 4.69) is 41.6 Å². The van der Waals surface area contributed by atoms with Gasteiger partial charge in [-0.25, -0.2) is 4.79 Å². The van der Waals surface area contributed by atoms with E-state index in [1.807, 2.05) is 0 Å². The van der Waals surface area contributed by atoms with Crippen molar-refractivity contribution in [1.82, 2.24) is 16.0 Å².